The lowest BCUT2D eigenvalue weighted by molar-refractivity contribution is 0.0951. The van der Waals surface area contributed by atoms with Gasteiger partial charge in [-0.05, 0) is 72.4 Å². The van der Waals surface area contributed by atoms with Crippen molar-refractivity contribution in [3.63, 3.8) is 0 Å². The molecule has 3 aromatic rings. The van der Waals surface area contributed by atoms with Gasteiger partial charge < -0.3 is 20.9 Å². The Labute approximate surface area is 211 Å². The predicted octanol–water partition coefficient (Wildman–Crippen LogP) is 6.64. The number of benzene rings is 3. The first-order valence-electron chi connectivity index (χ1n) is 12.0. The van der Waals surface area contributed by atoms with E-state index in [2.05, 4.69) is 46.8 Å². The third kappa shape index (κ3) is 6.55. The number of halogens is 1. The first kappa shape index (κ1) is 24.6. The summed E-state index contributed by atoms with van der Waals surface area (Å²) in [6.07, 6.45) is 2.21. The molecule has 0 unspecified atom stereocenters. The number of carbonyl (C=O) groups excluding carboxylic acids is 2. The average molecular weight is 491 g/mol. The molecule has 35 heavy (non-hydrogen) atoms. The van der Waals surface area contributed by atoms with E-state index < -0.39 is 0 Å². The molecule has 7 heteroatoms. The van der Waals surface area contributed by atoms with Gasteiger partial charge in [0, 0.05) is 35.9 Å². The molecule has 4 rings (SSSR count). The Morgan fingerprint density at radius 2 is 1.60 bits per heavy atom. The molecule has 1 aliphatic rings. The first-order valence-corrected chi connectivity index (χ1v) is 12.4. The van der Waals surface area contributed by atoms with Crippen LogP contribution in [0.25, 0.3) is 0 Å². The van der Waals surface area contributed by atoms with Gasteiger partial charge in [-0.1, -0.05) is 49.7 Å². The molecule has 0 atom stereocenters. The van der Waals surface area contributed by atoms with E-state index in [-0.39, 0.29) is 11.9 Å². The number of carbonyl (C=O) groups is 2. The van der Waals surface area contributed by atoms with E-state index >= 15 is 0 Å². The van der Waals surface area contributed by atoms with Gasteiger partial charge >= 0.3 is 6.03 Å². The molecule has 1 fully saturated rings. The zero-order chi connectivity index (χ0) is 24.8. The Kier molecular flexibility index (Phi) is 7.93. The quantitative estimate of drug-likeness (QED) is 0.347. The van der Waals surface area contributed by atoms with E-state index in [1.54, 1.807) is 30.3 Å². The van der Waals surface area contributed by atoms with Gasteiger partial charge in [-0.15, -0.1) is 0 Å². The zero-order valence-corrected chi connectivity index (χ0v) is 20.9. The standard InChI is InChI=1S/C28H31ClN4O2/c1-19(2)21-7-5-20(6-8-21)18-30-27(34)22-9-14-26(33-15-3-4-16-33)25(17-22)32-28(35)31-24-12-10-23(29)11-13-24/h5-14,17,19H,3-4,15-16,18H2,1-2H3,(H,30,34)(H2,31,32,35). The molecule has 3 N–H and O–H groups in total. The van der Waals surface area contributed by atoms with Gasteiger partial charge in [0.25, 0.3) is 5.91 Å². The summed E-state index contributed by atoms with van der Waals surface area (Å²) in [6, 6.07) is 20.3. The van der Waals surface area contributed by atoms with Gasteiger partial charge in [0.05, 0.1) is 11.4 Å². The van der Waals surface area contributed by atoms with Crippen molar-refractivity contribution in [1.82, 2.24) is 5.32 Å². The molecule has 0 spiro atoms. The maximum atomic E-state index is 12.9. The monoisotopic (exact) mass is 490 g/mol. The minimum atomic E-state index is -0.379. The number of nitrogens with zero attached hydrogens (tertiary/aromatic N) is 1. The normalized spacial score (nSPS) is 13.1. The minimum absolute atomic E-state index is 0.188. The molecule has 3 amide bonds. The van der Waals surface area contributed by atoms with Crippen molar-refractivity contribution in [3.8, 4) is 0 Å². The van der Waals surface area contributed by atoms with Crippen molar-refractivity contribution in [2.24, 2.45) is 0 Å². The van der Waals surface area contributed by atoms with Crippen LogP contribution in [0, 0.1) is 0 Å². The van der Waals surface area contributed by atoms with Crippen LogP contribution in [-0.4, -0.2) is 25.0 Å². The molecule has 0 saturated carbocycles. The highest BCUT2D eigenvalue weighted by atomic mass is 35.5. The lowest BCUT2D eigenvalue weighted by Gasteiger charge is -2.22. The van der Waals surface area contributed by atoms with Crippen molar-refractivity contribution >= 4 is 40.6 Å². The number of hydrogen-bond donors (Lipinski definition) is 3. The van der Waals surface area contributed by atoms with Gasteiger partial charge in [0.2, 0.25) is 0 Å². The fourth-order valence-corrected chi connectivity index (χ4v) is 4.26. The summed E-state index contributed by atoms with van der Waals surface area (Å²) in [4.78, 5) is 27.9. The Morgan fingerprint density at radius 1 is 0.914 bits per heavy atom. The van der Waals surface area contributed by atoms with Crippen LogP contribution in [0.3, 0.4) is 0 Å². The van der Waals surface area contributed by atoms with E-state index in [0.717, 1.165) is 37.2 Å². The number of urea groups is 1. The summed E-state index contributed by atoms with van der Waals surface area (Å²) in [5.41, 5.74) is 4.95. The molecule has 1 saturated heterocycles. The highest BCUT2D eigenvalue weighted by molar-refractivity contribution is 6.30. The molecule has 1 heterocycles. The smallest absolute Gasteiger partial charge is 0.323 e. The minimum Gasteiger partial charge on any atom is -0.370 e. The highest BCUT2D eigenvalue weighted by Gasteiger charge is 2.19. The molecule has 0 aliphatic carbocycles. The van der Waals surface area contributed by atoms with Crippen LogP contribution in [0.1, 0.15) is 54.1 Å². The zero-order valence-electron chi connectivity index (χ0n) is 20.1. The number of amides is 3. The Bertz CT molecular complexity index is 1170. The third-order valence-electron chi connectivity index (χ3n) is 6.16. The van der Waals surface area contributed by atoms with Gasteiger partial charge in [0.15, 0.2) is 0 Å². The van der Waals surface area contributed by atoms with Crippen LogP contribution in [0.15, 0.2) is 66.7 Å². The number of anilines is 3. The van der Waals surface area contributed by atoms with E-state index in [1.807, 2.05) is 24.3 Å². The Hall–Kier alpha value is -3.51. The number of rotatable bonds is 7. The summed E-state index contributed by atoms with van der Waals surface area (Å²) in [5, 5.41) is 9.33. The summed E-state index contributed by atoms with van der Waals surface area (Å²) < 4.78 is 0. The summed E-state index contributed by atoms with van der Waals surface area (Å²) >= 11 is 5.93. The molecule has 0 aromatic heterocycles. The van der Waals surface area contributed by atoms with Crippen LogP contribution in [0.4, 0.5) is 21.9 Å². The highest BCUT2D eigenvalue weighted by Crippen LogP contribution is 2.30. The fraction of sp³-hybridized carbons (Fsp3) is 0.286. The van der Waals surface area contributed by atoms with Gasteiger partial charge in [-0.3, -0.25) is 4.79 Å². The van der Waals surface area contributed by atoms with Crippen LogP contribution in [-0.2, 0) is 6.54 Å². The number of nitrogens with one attached hydrogen (secondary N) is 3. The lowest BCUT2D eigenvalue weighted by atomic mass is 10.0. The van der Waals surface area contributed by atoms with Crippen molar-refractivity contribution in [1.29, 1.82) is 0 Å². The second-order valence-electron chi connectivity index (χ2n) is 9.09. The second kappa shape index (κ2) is 11.3. The van der Waals surface area contributed by atoms with E-state index in [1.165, 1.54) is 5.56 Å². The van der Waals surface area contributed by atoms with Crippen molar-refractivity contribution in [3.05, 3.63) is 88.4 Å². The molecule has 3 aromatic carbocycles. The van der Waals surface area contributed by atoms with Gasteiger partial charge in [-0.25, -0.2) is 4.79 Å². The van der Waals surface area contributed by atoms with E-state index in [4.69, 9.17) is 11.6 Å². The Balaban J connectivity index is 1.47. The molecule has 0 bridgehead atoms. The summed E-state index contributed by atoms with van der Waals surface area (Å²) in [6.45, 7) is 6.59. The topological polar surface area (TPSA) is 73.5 Å². The van der Waals surface area contributed by atoms with Gasteiger partial charge in [-0.2, -0.15) is 0 Å². The van der Waals surface area contributed by atoms with Crippen molar-refractivity contribution in [2.75, 3.05) is 28.6 Å². The fourth-order valence-electron chi connectivity index (χ4n) is 4.13. The number of hydrogen-bond acceptors (Lipinski definition) is 3. The second-order valence-corrected chi connectivity index (χ2v) is 9.53. The van der Waals surface area contributed by atoms with Gasteiger partial charge in [0.1, 0.15) is 0 Å². The molecule has 6 nitrogen and oxygen atoms in total. The lowest BCUT2D eigenvalue weighted by Crippen LogP contribution is -2.26. The van der Waals surface area contributed by atoms with Crippen LogP contribution >= 0.6 is 11.6 Å². The van der Waals surface area contributed by atoms with E-state index in [9.17, 15) is 9.59 Å². The maximum absolute atomic E-state index is 12.9. The third-order valence-corrected chi connectivity index (χ3v) is 6.41. The Morgan fingerprint density at radius 3 is 2.26 bits per heavy atom. The summed E-state index contributed by atoms with van der Waals surface area (Å²) in [5.74, 6) is 0.280. The van der Waals surface area contributed by atoms with Crippen molar-refractivity contribution < 1.29 is 9.59 Å². The molecular weight excluding hydrogens is 460 g/mol. The molecule has 0 radical (unpaired) electrons. The maximum Gasteiger partial charge on any atom is 0.323 e. The predicted molar refractivity (Wildman–Crippen MR) is 144 cm³/mol. The van der Waals surface area contributed by atoms with Crippen molar-refractivity contribution in [2.45, 2.75) is 39.2 Å². The van der Waals surface area contributed by atoms with Crippen LogP contribution in [0.2, 0.25) is 5.02 Å². The molecular formula is C28H31ClN4O2. The summed E-state index contributed by atoms with van der Waals surface area (Å²) in [7, 11) is 0. The SMILES string of the molecule is CC(C)c1ccc(CNC(=O)c2ccc(N3CCCC3)c(NC(=O)Nc3ccc(Cl)cc3)c2)cc1. The average Bonchev–Trinajstić information content (AvgIpc) is 3.39. The van der Waals surface area contributed by atoms with E-state index in [0.29, 0.717) is 34.4 Å². The molecule has 182 valence electrons. The van der Waals surface area contributed by atoms with Crippen LogP contribution in [0.5, 0.6) is 0 Å². The molecule has 1 aliphatic heterocycles. The first-order chi connectivity index (χ1) is 16.9. The largest absolute Gasteiger partial charge is 0.370 e. The van der Waals surface area contributed by atoms with Crippen LogP contribution < -0.4 is 20.9 Å².